The minimum atomic E-state index is -2.76. The molecule has 7 aromatic carbocycles. The Morgan fingerprint density at radius 2 is 1.02 bits per heavy atom. The first kappa shape index (κ1) is 27.2. The second-order valence-electron chi connectivity index (χ2n) is 12.4. The van der Waals surface area contributed by atoms with Crippen LogP contribution in [0.1, 0.15) is 0 Å². The zero-order valence-electron chi connectivity index (χ0n) is 25.9. The molecule has 228 valence electrons. The van der Waals surface area contributed by atoms with Gasteiger partial charge in [0.05, 0.1) is 20.3 Å². The summed E-state index contributed by atoms with van der Waals surface area (Å²) in [4.78, 5) is 0.751. The van der Waals surface area contributed by atoms with Gasteiger partial charge in [0, 0.05) is 44.5 Å². The molecule has 0 spiro atoms. The minimum absolute atomic E-state index is 0.728. The maximum atomic E-state index is 14.5. The van der Waals surface area contributed by atoms with E-state index in [2.05, 4.69) is 72.8 Å². The van der Waals surface area contributed by atoms with Gasteiger partial charge in [-0.3, -0.25) is 0 Å². The lowest BCUT2D eigenvalue weighted by Gasteiger charge is -2.26. The Morgan fingerprint density at radius 3 is 1.73 bits per heavy atom. The third-order valence-corrected chi connectivity index (χ3v) is 11.3. The molecule has 4 nitrogen and oxygen atoms in total. The van der Waals surface area contributed by atoms with Gasteiger partial charge in [0.2, 0.25) is 0 Å². The van der Waals surface area contributed by atoms with Gasteiger partial charge in [-0.15, -0.1) is 0 Å². The molecule has 2 aromatic heterocycles. The summed E-state index contributed by atoms with van der Waals surface area (Å²) in [5, 5.41) is 4.15. The van der Waals surface area contributed by atoms with Gasteiger partial charge in [0.1, 0.15) is 22.3 Å². The van der Waals surface area contributed by atoms with Gasteiger partial charge in [-0.1, -0.05) is 109 Å². The van der Waals surface area contributed by atoms with Crippen LogP contribution in [0.25, 0.3) is 88.4 Å². The van der Waals surface area contributed by atoms with Crippen molar-refractivity contribution < 1.29 is 13.0 Å². The molecule has 0 radical (unpaired) electrons. The van der Waals surface area contributed by atoms with E-state index in [4.69, 9.17) is 13.2 Å². The number of nitrogens with zero attached hydrogens (tertiary/aromatic N) is 1. The maximum Gasteiger partial charge on any atom is 0.136 e. The van der Waals surface area contributed by atoms with E-state index in [1.54, 1.807) is 6.26 Å². The van der Waals surface area contributed by atoms with Crippen molar-refractivity contribution in [2.45, 2.75) is 4.90 Å². The van der Waals surface area contributed by atoms with Crippen LogP contribution in [0.3, 0.4) is 0 Å². The molecule has 0 saturated heterocycles. The number of hydrogen-bond acceptors (Lipinski definition) is 4. The SMILES string of the molecule is CS1(=O)=Nc2c(cc(-c3cccc4oc5ccccc5c34)c(-c3ccccc3)c2-c2cccc3oc4ccccc4c23)-c2ccccc21. The second kappa shape index (κ2) is 10.0. The van der Waals surface area contributed by atoms with Gasteiger partial charge in [0.15, 0.2) is 0 Å². The third kappa shape index (κ3) is 3.85. The molecule has 0 saturated carbocycles. The monoisotopic (exact) mass is 637 g/mol. The molecular weight excluding hydrogens is 611 g/mol. The first-order valence-electron chi connectivity index (χ1n) is 16.0. The van der Waals surface area contributed by atoms with Gasteiger partial charge in [0.25, 0.3) is 0 Å². The fraction of sp³-hybridized carbons (Fsp3) is 0.0233. The minimum Gasteiger partial charge on any atom is -0.456 e. The summed E-state index contributed by atoms with van der Waals surface area (Å²) in [5.74, 6) is 0. The largest absolute Gasteiger partial charge is 0.456 e. The van der Waals surface area contributed by atoms with Crippen molar-refractivity contribution in [1.82, 2.24) is 0 Å². The quantitative estimate of drug-likeness (QED) is 0.194. The summed E-state index contributed by atoms with van der Waals surface area (Å²) < 4.78 is 32.5. The molecule has 0 amide bonds. The highest BCUT2D eigenvalue weighted by molar-refractivity contribution is 7.93. The Hall–Kier alpha value is -5.91. The van der Waals surface area contributed by atoms with Crippen LogP contribution in [0.2, 0.25) is 0 Å². The van der Waals surface area contributed by atoms with Gasteiger partial charge in [-0.25, -0.2) is 4.21 Å². The number of benzene rings is 7. The van der Waals surface area contributed by atoms with Gasteiger partial charge in [-0.05, 0) is 64.2 Å². The molecule has 0 bridgehead atoms. The van der Waals surface area contributed by atoms with Crippen LogP contribution in [-0.4, -0.2) is 10.5 Å². The molecule has 1 atom stereocenters. The molecule has 0 N–H and O–H groups in total. The molecule has 5 heteroatoms. The van der Waals surface area contributed by atoms with E-state index < -0.39 is 9.73 Å². The number of fused-ring (bicyclic) bond motifs is 9. The van der Waals surface area contributed by atoms with E-state index in [1.165, 1.54) is 0 Å². The zero-order chi connectivity index (χ0) is 32.0. The van der Waals surface area contributed by atoms with Crippen molar-refractivity contribution in [3.8, 4) is 44.5 Å². The van der Waals surface area contributed by atoms with Crippen LogP contribution in [0.4, 0.5) is 5.69 Å². The molecule has 3 heterocycles. The summed E-state index contributed by atoms with van der Waals surface area (Å²) in [6.07, 6.45) is 1.75. The van der Waals surface area contributed by atoms with E-state index in [-0.39, 0.29) is 0 Å². The predicted molar refractivity (Wildman–Crippen MR) is 197 cm³/mol. The Bertz CT molecular complexity index is 2910. The summed E-state index contributed by atoms with van der Waals surface area (Å²) in [6, 6.07) is 49.6. The molecule has 1 unspecified atom stereocenters. The highest BCUT2D eigenvalue weighted by Gasteiger charge is 2.30. The van der Waals surface area contributed by atoms with Crippen LogP contribution in [0.5, 0.6) is 0 Å². The smallest absolute Gasteiger partial charge is 0.136 e. The van der Waals surface area contributed by atoms with Crippen molar-refractivity contribution in [1.29, 1.82) is 0 Å². The molecule has 10 rings (SSSR count). The van der Waals surface area contributed by atoms with Gasteiger partial charge >= 0.3 is 0 Å². The second-order valence-corrected chi connectivity index (χ2v) is 14.6. The lowest BCUT2D eigenvalue weighted by atomic mass is 9.81. The highest BCUT2D eigenvalue weighted by atomic mass is 32.2. The predicted octanol–water partition coefficient (Wildman–Crippen LogP) is 12.3. The molecule has 48 heavy (non-hydrogen) atoms. The summed E-state index contributed by atoms with van der Waals surface area (Å²) in [7, 11) is -2.76. The summed E-state index contributed by atoms with van der Waals surface area (Å²) >= 11 is 0. The number of para-hydroxylation sites is 2. The van der Waals surface area contributed by atoms with Gasteiger partial charge < -0.3 is 8.83 Å². The fourth-order valence-corrected chi connectivity index (χ4v) is 9.13. The fourth-order valence-electron chi connectivity index (χ4n) is 7.58. The van der Waals surface area contributed by atoms with Crippen molar-refractivity contribution in [2.24, 2.45) is 4.36 Å². The molecule has 1 aliphatic heterocycles. The lowest BCUT2D eigenvalue weighted by Crippen LogP contribution is -2.06. The normalized spacial score (nSPS) is 15.5. The first-order chi connectivity index (χ1) is 23.6. The van der Waals surface area contributed by atoms with Crippen LogP contribution < -0.4 is 0 Å². The van der Waals surface area contributed by atoms with Crippen molar-refractivity contribution in [3.05, 3.63) is 146 Å². The molecule has 1 aliphatic rings. The average Bonchev–Trinajstić information content (AvgIpc) is 3.70. The molecular formula is C43H27NO3S. The average molecular weight is 638 g/mol. The maximum absolute atomic E-state index is 14.5. The summed E-state index contributed by atoms with van der Waals surface area (Å²) in [6.45, 7) is 0. The van der Waals surface area contributed by atoms with E-state index >= 15 is 0 Å². The van der Waals surface area contributed by atoms with Gasteiger partial charge in [-0.2, -0.15) is 4.36 Å². The van der Waals surface area contributed by atoms with Crippen LogP contribution in [0.15, 0.2) is 164 Å². The number of furan rings is 2. The van der Waals surface area contributed by atoms with E-state index in [9.17, 15) is 4.21 Å². The van der Waals surface area contributed by atoms with Crippen molar-refractivity contribution in [3.63, 3.8) is 0 Å². The highest BCUT2D eigenvalue weighted by Crippen LogP contribution is 2.56. The molecule has 0 fully saturated rings. The van der Waals surface area contributed by atoms with E-state index in [0.29, 0.717) is 0 Å². The standard InChI is InChI=1S/C43H27NO3S/c1-48(45)38-24-10-7-15-27(38)33-25-32(28-18-11-22-36-40(28)29-16-5-8-20-34(29)46-36)39(26-13-3-2-4-14-26)42(43(33)44-48)31-19-12-23-37-41(31)30-17-6-9-21-35(30)47-37/h2-25H,1H3. The van der Waals surface area contributed by atoms with E-state index in [0.717, 1.165) is 99.0 Å². The first-order valence-corrected chi connectivity index (χ1v) is 17.9. The van der Waals surface area contributed by atoms with Crippen molar-refractivity contribution >= 4 is 59.3 Å². The lowest BCUT2D eigenvalue weighted by molar-refractivity contribution is 0.668. The third-order valence-electron chi connectivity index (χ3n) is 9.58. The van der Waals surface area contributed by atoms with Crippen LogP contribution in [0, 0.1) is 0 Å². The van der Waals surface area contributed by atoms with E-state index in [1.807, 2.05) is 72.8 Å². The Morgan fingerprint density at radius 1 is 0.479 bits per heavy atom. The van der Waals surface area contributed by atoms with Crippen LogP contribution >= 0.6 is 0 Å². The Kier molecular flexibility index (Phi) is 5.70. The Balaban J connectivity index is 1.47. The Labute approximate surface area is 277 Å². The number of hydrogen-bond donors (Lipinski definition) is 0. The van der Waals surface area contributed by atoms with Crippen LogP contribution in [-0.2, 0) is 9.73 Å². The summed E-state index contributed by atoms with van der Waals surface area (Å²) in [5.41, 5.74) is 12.0. The molecule has 9 aromatic rings. The number of rotatable bonds is 3. The van der Waals surface area contributed by atoms with Crippen molar-refractivity contribution in [2.75, 3.05) is 6.26 Å². The molecule has 0 aliphatic carbocycles. The zero-order valence-corrected chi connectivity index (χ0v) is 26.8. The topological polar surface area (TPSA) is 55.7 Å².